The molecule has 0 aliphatic carbocycles. The number of unbranched alkanes of at least 4 members (excludes halogenated alkanes) is 1. The van der Waals surface area contributed by atoms with Crippen molar-refractivity contribution in [1.82, 2.24) is 0 Å². The summed E-state index contributed by atoms with van der Waals surface area (Å²) in [7, 11) is 0. The minimum absolute atomic E-state index is 0.0862. The number of rotatable bonds is 6. The van der Waals surface area contributed by atoms with E-state index in [1.54, 1.807) is 12.1 Å². The van der Waals surface area contributed by atoms with Gasteiger partial charge in [0.15, 0.2) is 0 Å². The summed E-state index contributed by atoms with van der Waals surface area (Å²) in [5.41, 5.74) is 0.617. The van der Waals surface area contributed by atoms with Crippen molar-refractivity contribution in [1.29, 1.82) is 0 Å². The lowest BCUT2D eigenvalue weighted by Crippen LogP contribution is -2.03. The Kier molecular flexibility index (Phi) is 5.19. The lowest BCUT2D eigenvalue weighted by molar-refractivity contribution is -0.0499. The number of aliphatic hydroxyl groups excluding tert-OH is 1. The molecule has 0 heterocycles. The second kappa shape index (κ2) is 6.43. The highest BCUT2D eigenvalue weighted by Gasteiger charge is 2.09. The van der Waals surface area contributed by atoms with E-state index in [2.05, 4.69) is 4.74 Å². The summed E-state index contributed by atoms with van der Waals surface area (Å²) in [6, 6.07) is 6.20. The van der Waals surface area contributed by atoms with E-state index in [0.717, 1.165) is 12.8 Å². The summed E-state index contributed by atoms with van der Waals surface area (Å²) in [4.78, 5) is 0. The highest BCUT2D eigenvalue weighted by molar-refractivity contribution is 5.29. The molecule has 2 nitrogen and oxygen atoms in total. The van der Waals surface area contributed by atoms with Crippen LogP contribution in [0.15, 0.2) is 24.3 Å². The lowest BCUT2D eigenvalue weighted by Gasteiger charge is -2.12. The third-order valence-corrected chi connectivity index (χ3v) is 2.30. The van der Waals surface area contributed by atoms with E-state index in [4.69, 9.17) is 0 Å². The molecule has 0 saturated heterocycles. The standard InChI is InChI=1S/C12H16F2O2/c1-2-3-7-11(15)9-5-4-6-10(8-9)16-12(13)14/h4-6,8,11-12,15H,2-3,7H2,1H3. The quantitative estimate of drug-likeness (QED) is 0.810. The number of hydrogen-bond donors (Lipinski definition) is 1. The minimum Gasteiger partial charge on any atom is -0.435 e. The molecule has 0 spiro atoms. The average Bonchev–Trinajstić information content (AvgIpc) is 2.25. The first-order valence-corrected chi connectivity index (χ1v) is 5.36. The van der Waals surface area contributed by atoms with Crippen LogP contribution in [0.1, 0.15) is 37.9 Å². The van der Waals surface area contributed by atoms with Gasteiger partial charge in [-0.05, 0) is 24.1 Å². The zero-order chi connectivity index (χ0) is 12.0. The van der Waals surface area contributed by atoms with Crippen LogP contribution < -0.4 is 4.74 Å². The maximum atomic E-state index is 12.0. The van der Waals surface area contributed by atoms with Crippen LogP contribution in [0.2, 0.25) is 0 Å². The van der Waals surface area contributed by atoms with Crippen LogP contribution in [0.4, 0.5) is 8.78 Å². The van der Waals surface area contributed by atoms with Gasteiger partial charge in [-0.1, -0.05) is 31.9 Å². The van der Waals surface area contributed by atoms with E-state index in [-0.39, 0.29) is 5.75 Å². The van der Waals surface area contributed by atoms with Gasteiger partial charge in [0, 0.05) is 0 Å². The van der Waals surface area contributed by atoms with Gasteiger partial charge in [-0.25, -0.2) is 0 Å². The second-order valence-electron chi connectivity index (χ2n) is 3.61. The van der Waals surface area contributed by atoms with Crippen molar-refractivity contribution in [3.05, 3.63) is 29.8 Å². The zero-order valence-corrected chi connectivity index (χ0v) is 9.20. The molecular weight excluding hydrogens is 214 g/mol. The SMILES string of the molecule is CCCCC(O)c1cccc(OC(F)F)c1. The van der Waals surface area contributed by atoms with E-state index in [1.165, 1.54) is 12.1 Å². The minimum atomic E-state index is -2.83. The van der Waals surface area contributed by atoms with Gasteiger partial charge in [-0.2, -0.15) is 8.78 Å². The summed E-state index contributed by atoms with van der Waals surface area (Å²) in [5.74, 6) is 0.0862. The van der Waals surface area contributed by atoms with Crippen LogP contribution in [-0.4, -0.2) is 11.7 Å². The van der Waals surface area contributed by atoms with Crippen LogP contribution in [-0.2, 0) is 0 Å². The van der Waals surface area contributed by atoms with Gasteiger partial charge in [0.25, 0.3) is 0 Å². The predicted molar refractivity (Wildman–Crippen MR) is 57.6 cm³/mol. The lowest BCUT2D eigenvalue weighted by atomic mass is 10.0. The first-order valence-electron chi connectivity index (χ1n) is 5.36. The van der Waals surface area contributed by atoms with E-state index < -0.39 is 12.7 Å². The Balaban J connectivity index is 2.65. The fourth-order valence-electron chi connectivity index (χ4n) is 1.46. The fraction of sp³-hybridized carbons (Fsp3) is 0.500. The largest absolute Gasteiger partial charge is 0.435 e. The molecule has 0 aromatic heterocycles. The van der Waals surface area contributed by atoms with Crippen LogP contribution in [0.5, 0.6) is 5.75 Å². The Labute approximate surface area is 93.9 Å². The topological polar surface area (TPSA) is 29.5 Å². The van der Waals surface area contributed by atoms with E-state index in [9.17, 15) is 13.9 Å². The number of aliphatic hydroxyl groups is 1. The predicted octanol–water partition coefficient (Wildman–Crippen LogP) is 3.51. The van der Waals surface area contributed by atoms with Gasteiger partial charge in [0.1, 0.15) is 5.75 Å². The van der Waals surface area contributed by atoms with Crippen molar-refractivity contribution in [2.75, 3.05) is 0 Å². The summed E-state index contributed by atoms with van der Waals surface area (Å²) in [5, 5.41) is 9.77. The van der Waals surface area contributed by atoms with Gasteiger partial charge in [-0.15, -0.1) is 0 Å². The number of halogens is 2. The molecule has 16 heavy (non-hydrogen) atoms. The molecule has 1 unspecified atom stereocenters. The molecule has 1 atom stereocenters. The van der Waals surface area contributed by atoms with Crippen molar-refractivity contribution in [3.8, 4) is 5.75 Å². The van der Waals surface area contributed by atoms with Crippen LogP contribution >= 0.6 is 0 Å². The van der Waals surface area contributed by atoms with E-state index in [1.807, 2.05) is 6.92 Å². The summed E-state index contributed by atoms with van der Waals surface area (Å²) in [6.45, 7) is -0.800. The van der Waals surface area contributed by atoms with Crippen LogP contribution in [0.25, 0.3) is 0 Å². The van der Waals surface area contributed by atoms with Gasteiger partial charge >= 0.3 is 6.61 Å². The molecule has 0 radical (unpaired) electrons. The number of benzene rings is 1. The highest BCUT2D eigenvalue weighted by atomic mass is 19.3. The Morgan fingerprint density at radius 2 is 2.12 bits per heavy atom. The summed E-state index contributed by atoms with van der Waals surface area (Å²) >= 11 is 0. The Morgan fingerprint density at radius 1 is 1.38 bits per heavy atom. The molecule has 1 N–H and O–H groups in total. The maximum absolute atomic E-state index is 12.0. The smallest absolute Gasteiger partial charge is 0.387 e. The van der Waals surface area contributed by atoms with E-state index >= 15 is 0 Å². The molecule has 0 amide bonds. The molecule has 90 valence electrons. The van der Waals surface area contributed by atoms with Crippen molar-refractivity contribution in [3.63, 3.8) is 0 Å². The second-order valence-corrected chi connectivity index (χ2v) is 3.61. The molecule has 1 aromatic rings. The van der Waals surface area contributed by atoms with Gasteiger partial charge in [-0.3, -0.25) is 0 Å². The monoisotopic (exact) mass is 230 g/mol. The normalized spacial score (nSPS) is 12.8. The Bertz CT molecular complexity index is 316. The highest BCUT2D eigenvalue weighted by Crippen LogP contribution is 2.23. The molecule has 0 saturated carbocycles. The van der Waals surface area contributed by atoms with E-state index in [0.29, 0.717) is 12.0 Å². The van der Waals surface area contributed by atoms with Crippen molar-refractivity contribution >= 4 is 0 Å². The zero-order valence-electron chi connectivity index (χ0n) is 9.20. The third-order valence-electron chi connectivity index (χ3n) is 2.30. The van der Waals surface area contributed by atoms with Gasteiger partial charge in [0.05, 0.1) is 6.10 Å². The molecular formula is C12H16F2O2. The maximum Gasteiger partial charge on any atom is 0.387 e. The fourth-order valence-corrected chi connectivity index (χ4v) is 1.46. The van der Waals surface area contributed by atoms with Crippen LogP contribution in [0.3, 0.4) is 0 Å². The number of alkyl halides is 2. The first-order chi connectivity index (χ1) is 7.63. The first kappa shape index (κ1) is 12.9. The van der Waals surface area contributed by atoms with Gasteiger partial charge < -0.3 is 9.84 Å². The summed E-state index contributed by atoms with van der Waals surface area (Å²) in [6.07, 6.45) is 1.92. The molecule has 0 aliphatic heterocycles. The Morgan fingerprint density at radius 3 is 2.75 bits per heavy atom. The molecule has 1 aromatic carbocycles. The van der Waals surface area contributed by atoms with Crippen molar-refractivity contribution in [2.24, 2.45) is 0 Å². The summed E-state index contributed by atoms with van der Waals surface area (Å²) < 4.78 is 28.2. The van der Waals surface area contributed by atoms with Crippen LogP contribution in [0, 0.1) is 0 Å². The molecule has 1 rings (SSSR count). The molecule has 0 aliphatic rings. The van der Waals surface area contributed by atoms with Crippen molar-refractivity contribution < 1.29 is 18.6 Å². The number of hydrogen-bond acceptors (Lipinski definition) is 2. The van der Waals surface area contributed by atoms with Gasteiger partial charge in [0.2, 0.25) is 0 Å². The third kappa shape index (κ3) is 4.14. The molecule has 0 fully saturated rings. The number of ether oxygens (including phenoxy) is 1. The molecule has 4 heteroatoms. The Hall–Kier alpha value is -1.16. The average molecular weight is 230 g/mol. The molecule has 0 bridgehead atoms. The van der Waals surface area contributed by atoms with Crippen molar-refractivity contribution in [2.45, 2.75) is 38.9 Å².